The minimum atomic E-state index is -5.19. The topological polar surface area (TPSA) is 77.5 Å². The molecule has 0 aliphatic carbocycles. The number of alkyl halides is 3. The van der Waals surface area contributed by atoms with Crippen LogP contribution in [0.15, 0.2) is 10.9 Å². The Morgan fingerprint density at radius 1 is 1.44 bits per heavy atom. The fourth-order valence-corrected chi connectivity index (χ4v) is 0.965. The van der Waals surface area contributed by atoms with Crippen LogP contribution in [0.25, 0.3) is 0 Å². The summed E-state index contributed by atoms with van der Waals surface area (Å²) >= 11 is 1.11. The zero-order valence-corrected chi connectivity index (χ0v) is 8.09. The van der Waals surface area contributed by atoms with Crippen LogP contribution in [0, 0.1) is 0 Å². The quantitative estimate of drug-likeness (QED) is 0.765. The van der Waals surface area contributed by atoms with Gasteiger partial charge in [0, 0.05) is 0 Å². The van der Waals surface area contributed by atoms with Crippen LogP contribution in [0.3, 0.4) is 0 Å². The second-order valence-electron chi connectivity index (χ2n) is 2.21. The minimum Gasteiger partial charge on any atom is -0.388 e. The maximum absolute atomic E-state index is 11.6. The molecular weight excluding hydrogens is 253 g/mol. The van der Waals surface area contributed by atoms with Crippen LogP contribution in [0.4, 0.5) is 18.0 Å². The lowest BCUT2D eigenvalue weighted by Gasteiger charge is -2.06. The van der Waals surface area contributed by atoms with Gasteiger partial charge in [0.25, 0.3) is 0 Å². The summed E-state index contributed by atoms with van der Waals surface area (Å²) in [5.41, 5.74) is 2.50. The number of nitrogens with one attached hydrogen (secondary N) is 1. The van der Waals surface area contributed by atoms with E-state index in [1.807, 2.05) is 0 Å². The zero-order chi connectivity index (χ0) is 12.2. The molecule has 0 atom stereocenters. The number of carbonyl (C=O) groups excluding carboxylic acids is 2. The maximum Gasteiger partial charge on any atom is 0.493 e. The van der Waals surface area contributed by atoms with Gasteiger partial charge < -0.3 is 9.57 Å². The van der Waals surface area contributed by atoms with Gasteiger partial charge in [0.15, 0.2) is 0 Å². The normalized spacial score (nSPS) is 10.7. The van der Waals surface area contributed by atoms with E-state index in [-0.39, 0.29) is 5.88 Å². The molecule has 1 heterocycles. The fraction of sp³-hybridized carbons (Fsp3) is 0.167. The highest BCUT2D eigenvalue weighted by atomic mass is 32.1. The average molecular weight is 256 g/mol. The molecule has 0 spiro atoms. The first-order valence-corrected chi connectivity index (χ1v) is 4.48. The highest BCUT2D eigenvalue weighted by Crippen LogP contribution is 2.15. The highest BCUT2D eigenvalue weighted by molar-refractivity contribution is 7.07. The zero-order valence-electron chi connectivity index (χ0n) is 7.28. The first kappa shape index (κ1) is 12.2. The van der Waals surface area contributed by atoms with E-state index < -0.39 is 18.2 Å². The van der Waals surface area contributed by atoms with Gasteiger partial charge in [-0.15, -0.1) is 16.8 Å². The van der Waals surface area contributed by atoms with Crippen molar-refractivity contribution in [2.24, 2.45) is 0 Å². The Bertz CT molecular complexity index is 378. The van der Waals surface area contributed by atoms with Gasteiger partial charge in [0.05, 0.1) is 10.9 Å². The third-order valence-corrected chi connectivity index (χ3v) is 1.63. The number of nitrogens with zero attached hydrogens (tertiary/aromatic N) is 1. The van der Waals surface area contributed by atoms with E-state index >= 15 is 0 Å². The largest absolute Gasteiger partial charge is 0.493 e. The Morgan fingerprint density at radius 3 is 2.62 bits per heavy atom. The van der Waals surface area contributed by atoms with Gasteiger partial charge in [0.2, 0.25) is 5.88 Å². The lowest BCUT2D eigenvalue weighted by Crippen LogP contribution is -2.36. The SMILES string of the molecule is O=C(NOC(=O)C(F)(F)F)Oc1cscn1. The van der Waals surface area contributed by atoms with Gasteiger partial charge in [-0.1, -0.05) is 0 Å². The molecule has 0 saturated carbocycles. The van der Waals surface area contributed by atoms with E-state index in [1.54, 1.807) is 0 Å². The predicted octanol–water partition coefficient (Wildman–Crippen LogP) is 1.25. The Balaban J connectivity index is 2.34. The number of hydroxylamine groups is 1. The van der Waals surface area contributed by atoms with Gasteiger partial charge in [-0.2, -0.15) is 13.2 Å². The van der Waals surface area contributed by atoms with Crippen LogP contribution in [0.2, 0.25) is 0 Å². The standard InChI is InChI=1S/C6H3F3N2O4S/c7-6(8,9)4(12)15-11-5(13)14-3-1-16-2-10-3/h1-2H,(H,11,13). The molecule has 0 fully saturated rings. The number of ether oxygens (including phenoxy) is 1. The van der Waals surface area contributed by atoms with Crippen LogP contribution in [0.1, 0.15) is 0 Å². The van der Waals surface area contributed by atoms with E-state index in [0.29, 0.717) is 0 Å². The van der Waals surface area contributed by atoms with E-state index in [0.717, 1.165) is 16.8 Å². The van der Waals surface area contributed by atoms with Crippen LogP contribution in [0.5, 0.6) is 5.88 Å². The molecule has 0 aliphatic heterocycles. The molecule has 0 saturated heterocycles. The summed E-state index contributed by atoms with van der Waals surface area (Å²) in [5, 5.41) is 1.32. The number of amides is 1. The molecule has 6 nitrogen and oxygen atoms in total. The number of halogens is 3. The summed E-state index contributed by atoms with van der Waals surface area (Å²) in [7, 11) is 0. The van der Waals surface area contributed by atoms with Crippen molar-refractivity contribution in [1.29, 1.82) is 0 Å². The van der Waals surface area contributed by atoms with Gasteiger partial charge in [-0.05, 0) is 0 Å². The molecule has 1 rings (SSSR count). The number of thiazole rings is 1. The summed E-state index contributed by atoms with van der Waals surface area (Å²) in [6.07, 6.45) is -6.57. The van der Waals surface area contributed by atoms with Crippen molar-refractivity contribution in [2.45, 2.75) is 6.18 Å². The summed E-state index contributed by atoms with van der Waals surface area (Å²) < 4.78 is 39.1. The van der Waals surface area contributed by atoms with Gasteiger partial charge in [-0.25, -0.2) is 14.6 Å². The summed E-state index contributed by atoms with van der Waals surface area (Å²) in [6, 6.07) is 0. The Labute approximate surface area is 89.9 Å². The molecule has 0 unspecified atom stereocenters. The molecule has 0 bridgehead atoms. The molecule has 0 aliphatic rings. The van der Waals surface area contributed by atoms with Crippen molar-refractivity contribution in [3.05, 3.63) is 10.9 Å². The molecule has 1 aromatic rings. The monoisotopic (exact) mass is 256 g/mol. The Morgan fingerprint density at radius 2 is 2.12 bits per heavy atom. The van der Waals surface area contributed by atoms with E-state index in [2.05, 4.69) is 14.6 Å². The van der Waals surface area contributed by atoms with E-state index in [4.69, 9.17) is 0 Å². The third kappa shape index (κ3) is 3.73. The molecule has 1 N–H and O–H groups in total. The van der Waals surface area contributed by atoms with E-state index in [1.165, 1.54) is 10.9 Å². The lowest BCUT2D eigenvalue weighted by atomic mass is 10.7. The number of hydrogen-bond acceptors (Lipinski definition) is 6. The number of hydrogen-bond donors (Lipinski definition) is 1. The molecule has 10 heteroatoms. The molecule has 1 aromatic heterocycles. The van der Waals surface area contributed by atoms with Crippen LogP contribution < -0.4 is 10.2 Å². The van der Waals surface area contributed by atoms with Gasteiger partial charge in [0.1, 0.15) is 0 Å². The molecule has 0 aromatic carbocycles. The fourth-order valence-electron chi connectivity index (χ4n) is 0.514. The van der Waals surface area contributed by atoms with Crippen LogP contribution >= 0.6 is 11.3 Å². The average Bonchev–Trinajstić information content (AvgIpc) is 2.65. The number of rotatable bonds is 1. The van der Waals surface area contributed by atoms with Crippen molar-refractivity contribution in [2.75, 3.05) is 0 Å². The maximum atomic E-state index is 11.6. The smallest absolute Gasteiger partial charge is 0.388 e. The van der Waals surface area contributed by atoms with Crippen molar-refractivity contribution in [1.82, 2.24) is 10.5 Å². The first-order chi connectivity index (χ1) is 7.39. The summed E-state index contributed by atoms with van der Waals surface area (Å²) in [6.45, 7) is 0. The molecule has 0 radical (unpaired) electrons. The van der Waals surface area contributed by atoms with Gasteiger partial charge >= 0.3 is 18.2 Å². The molecule has 1 amide bonds. The third-order valence-electron chi connectivity index (χ3n) is 1.07. The molecular formula is C6H3F3N2O4S. The number of carbonyl (C=O) groups is 2. The van der Waals surface area contributed by atoms with Gasteiger partial charge in [-0.3, -0.25) is 0 Å². The summed E-state index contributed by atoms with van der Waals surface area (Å²) in [5.74, 6) is -2.67. The van der Waals surface area contributed by atoms with Crippen molar-refractivity contribution >= 4 is 23.4 Å². The van der Waals surface area contributed by atoms with Crippen molar-refractivity contribution in [3.63, 3.8) is 0 Å². The van der Waals surface area contributed by atoms with E-state index in [9.17, 15) is 22.8 Å². The van der Waals surface area contributed by atoms with Crippen LogP contribution in [-0.2, 0) is 9.63 Å². The molecule has 88 valence electrons. The second-order valence-corrected chi connectivity index (χ2v) is 2.92. The Kier molecular flexibility index (Phi) is 3.66. The summed E-state index contributed by atoms with van der Waals surface area (Å²) in [4.78, 5) is 27.8. The minimum absolute atomic E-state index is 0.120. The lowest BCUT2D eigenvalue weighted by molar-refractivity contribution is -0.205. The second kappa shape index (κ2) is 4.79. The first-order valence-electron chi connectivity index (χ1n) is 3.53. The predicted molar refractivity (Wildman–Crippen MR) is 43.4 cm³/mol. The van der Waals surface area contributed by atoms with Crippen molar-refractivity contribution < 1.29 is 32.3 Å². The van der Waals surface area contributed by atoms with Crippen LogP contribution in [-0.4, -0.2) is 23.2 Å². The highest BCUT2D eigenvalue weighted by Gasteiger charge is 2.42. The van der Waals surface area contributed by atoms with Crippen molar-refractivity contribution in [3.8, 4) is 5.88 Å². The number of aromatic nitrogens is 1. The molecule has 16 heavy (non-hydrogen) atoms. The Hall–Kier alpha value is -1.84.